The summed E-state index contributed by atoms with van der Waals surface area (Å²) in [6.45, 7) is 4.74. The lowest BCUT2D eigenvalue weighted by molar-refractivity contribution is -0.137. The summed E-state index contributed by atoms with van der Waals surface area (Å²) in [7, 11) is 0. The van der Waals surface area contributed by atoms with Crippen LogP contribution in [-0.4, -0.2) is 43.2 Å². The topological polar surface area (TPSA) is 75.4 Å². The zero-order chi connectivity index (χ0) is 29.9. The summed E-state index contributed by atoms with van der Waals surface area (Å²) in [6, 6.07) is 20.3. The Kier molecular flexibility index (Phi) is 8.74. The Morgan fingerprint density at radius 1 is 1.07 bits per heavy atom. The number of halogens is 3. The smallest absolute Gasteiger partial charge is 0.360 e. The summed E-state index contributed by atoms with van der Waals surface area (Å²) in [6.07, 6.45) is -2.24. The van der Waals surface area contributed by atoms with Crippen molar-refractivity contribution in [1.82, 2.24) is 20.1 Å². The Morgan fingerprint density at radius 2 is 1.79 bits per heavy atom. The first kappa shape index (κ1) is 29.5. The second kappa shape index (κ2) is 12.5. The molecule has 0 unspecified atom stereocenters. The SMILES string of the molecule is CC(C)c1ccccc1N1C(=O)CS/C1=N\C(=S)NCCc1ccc(-c2ncn(-c3ccc(C(F)(F)F)cc3)n2)cc1. The number of benzene rings is 3. The maximum Gasteiger partial charge on any atom is 0.416 e. The molecule has 1 aliphatic heterocycles. The van der Waals surface area contributed by atoms with E-state index in [0.717, 1.165) is 34.5 Å². The number of nitrogens with one attached hydrogen (secondary N) is 1. The number of thiocarbonyl (C=S) groups is 1. The van der Waals surface area contributed by atoms with Crippen LogP contribution in [0.4, 0.5) is 18.9 Å². The van der Waals surface area contributed by atoms with E-state index in [1.54, 1.807) is 4.90 Å². The van der Waals surface area contributed by atoms with Gasteiger partial charge in [-0.25, -0.2) is 9.67 Å². The van der Waals surface area contributed by atoms with Crippen LogP contribution in [0.25, 0.3) is 17.1 Å². The number of carbonyl (C=O) groups excluding carboxylic acids is 1. The molecular weight excluding hydrogens is 581 g/mol. The number of para-hydroxylation sites is 1. The van der Waals surface area contributed by atoms with Crippen LogP contribution in [0.2, 0.25) is 0 Å². The summed E-state index contributed by atoms with van der Waals surface area (Å²) >= 11 is 6.83. The zero-order valence-electron chi connectivity index (χ0n) is 22.8. The van der Waals surface area contributed by atoms with Gasteiger partial charge in [0.15, 0.2) is 16.1 Å². The Hall–Kier alpha value is -4.03. The van der Waals surface area contributed by atoms with Gasteiger partial charge in [-0.1, -0.05) is 68.1 Å². The predicted octanol–water partition coefficient (Wildman–Crippen LogP) is 6.63. The van der Waals surface area contributed by atoms with Crippen molar-refractivity contribution < 1.29 is 18.0 Å². The normalized spacial score (nSPS) is 14.7. The summed E-state index contributed by atoms with van der Waals surface area (Å²) in [5.41, 5.74) is 3.52. The summed E-state index contributed by atoms with van der Waals surface area (Å²) < 4.78 is 39.9. The van der Waals surface area contributed by atoms with Crippen molar-refractivity contribution in [3.05, 3.63) is 95.8 Å². The lowest BCUT2D eigenvalue weighted by Gasteiger charge is -2.21. The minimum Gasteiger partial charge on any atom is -0.360 e. The first-order valence-corrected chi connectivity index (χ1v) is 14.6. The van der Waals surface area contributed by atoms with Gasteiger partial charge in [-0.05, 0) is 66.0 Å². The standard InChI is InChI=1S/C30H27F3N6OS2/c1-19(2)24-5-3-4-6-25(24)39-26(40)17-42-29(39)36-28(41)34-16-15-20-7-9-21(10-8-20)27-35-18-38(37-27)23-13-11-22(12-14-23)30(31,32)33/h3-14,18-19H,15-17H2,1-2H3,(H,34,41)/b36-29-. The highest BCUT2D eigenvalue weighted by molar-refractivity contribution is 8.15. The second-order valence-electron chi connectivity index (χ2n) is 9.86. The van der Waals surface area contributed by atoms with E-state index in [-0.39, 0.29) is 11.8 Å². The molecule has 42 heavy (non-hydrogen) atoms. The van der Waals surface area contributed by atoms with E-state index in [1.807, 2.05) is 48.5 Å². The van der Waals surface area contributed by atoms with Crippen LogP contribution in [0.1, 0.15) is 36.5 Å². The van der Waals surface area contributed by atoms with Gasteiger partial charge in [0.25, 0.3) is 0 Å². The molecule has 7 nitrogen and oxygen atoms in total. The summed E-state index contributed by atoms with van der Waals surface area (Å²) in [4.78, 5) is 23.2. The molecule has 0 aliphatic carbocycles. The monoisotopic (exact) mass is 608 g/mol. The van der Waals surface area contributed by atoms with Crippen molar-refractivity contribution in [1.29, 1.82) is 0 Å². The third-order valence-corrected chi connectivity index (χ3v) is 7.77. The minimum atomic E-state index is -4.39. The van der Waals surface area contributed by atoms with Gasteiger partial charge in [0.1, 0.15) is 6.33 Å². The molecule has 1 aliphatic rings. The van der Waals surface area contributed by atoms with E-state index >= 15 is 0 Å². The molecule has 0 atom stereocenters. The number of rotatable bonds is 7. The van der Waals surface area contributed by atoms with E-state index in [9.17, 15) is 18.0 Å². The highest BCUT2D eigenvalue weighted by Crippen LogP contribution is 2.33. The highest BCUT2D eigenvalue weighted by Gasteiger charge is 2.32. The maximum absolute atomic E-state index is 12.8. The molecule has 0 bridgehead atoms. The van der Waals surface area contributed by atoms with Crippen LogP contribution in [0, 0.1) is 0 Å². The predicted molar refractivity (Wildman–Crippen MR) is 164 cm³/mol. The number of aliphatic imine (C=N–C) groups is 1. The molecule has 1 fully saturated rings. The van der Waals surface area contributed by atoms with E-state index in [1.165, 1.54) is 34.9 Å². The number of nitrogens with zero attached hydrogens (tertiary/aromatic N) is 5. The summed E-state index contributed by atoms with van der Waals surface area (Å²) in [5.74, 6) is 1.01. The molecule has 0 spiro atoms. The van der Waals surface area contributed by atoms with Crippen molar-refractivity contribution >= 4 is 45.9 Å². The first-order valence-electron chi connectivity index (χ1n) is 13.2. The van der Waals surface area contributed by atoms with Gasteiger partial charge < -0.3 is 5.32 Å². The van der Waals surface area contributed by atoms with Crippen molar-refractivity contribution in [2.75, 3.05) is 17.2 Å². The molecule has 1 N–H and O–H groups in total. The van der Waals surface area contributed by atoms with Gasteiger partial charge in [0.2, 0.25) is 5.91 Å². The van der Waals surface area contributed by atoms with Gasteiger partial charge in [-0.2, -0.15) is 18.2 Å². The number of amides is 1. The van der Waals surface area contributed by atoms with Crippen molar-refractivity contribution in [2.45, 2.75) is 32.4 Å². The van der Waals surface area contributed by atoms with E-state index in [0.29, 0.717) is 40.5 Å². The lowest BCUT2D eigenvalue weighted by atomic mass is 10.0. The van der Waals surface area contributed by atoms with Crippen molar-refractivity contribution in [3.63, 3.8) is 0 Å². The molecule has 4 aromatic rings. The molecule has 1 aromatic heterocycles. The van der Waals surface area contributed by atoms with Gasteiger partial charge in [0.05, 0.1) is 22.7 Å². The molecular formula is C30H27F3N6OS2. The molecule has 0 saturated carbocycles. The van der Waals surface area contributed by atoms with Gasteiger partial charge in [-0.15, -0.1) is 5.10 Å². The molecule has 5 rings (SSSR count). The third kappa shape index (κ3) is 6.71. The molecule has 3 aromatic carbocycles. The van der Waals surface area contributed by atoms with Crippen LogP contribution < -0.4 is 10.2 Å². The summed E-state index contributed by atoms with van der Waals surface area (Å²) in [5, 5.41) is 8.44. The number of hydrogen-bond donors (Lipinski definition) is 1. The zero-order valence-corrected chi connectivity index (χ0v) is 24.4. The number of carbonyl (C=O) groups is 1. The van der Waals surface area contributed by atoms with Crippen LogP contribution in [0.15, 0.2) is 84.1 Å². The first-order chi connectivity index (χ1) is 20.1. The average molecular weight is 609 g/mol. The minimum absolute atomic E-state index is 0.0200. The Bertz CT molecular complexity index is 1620. The lowest BCUT2D eigenvalue weighted by Crippen LogP contribution is -2.32. The molecule has 2 heterocycles. The third-order valence-electron chi connectivity index (χ3n) is 6.62. The fraction of sp³-hybridized carbons (Fsp3) is 0.233. The van der Waals surface area contributed by atoms with E-state index in [4.69, 9.17) is 12.2 Å². The highest BCUT2D eigenvalue weighted by atomic mass is 32.2. The molecule has 1 amide bonds. The van der Waals surface area contributed by atoms with Gasteiger partial charge in [0, 0.05) is 12.1 Å². The number of thioether (sulfide) groups is 1. The molecule has 0 radical (unpaired) electrons. The molecule has 1 saturated heterocycles. The second-order valence-corrected chi connectivity index (χ2v) is 11.2. The largest absolute Gasteiger partial charge is 0.416 e. The van der Waals surface area contributed by atoms with Crippen molar-refractivity contribution in [2.24, 2.45) is 4.99 Å². The Morgan fingerprint density at radius 3 is 2.48 bits per heavy atom. The number of alkyl halides is 3. The van der Waals surface area contributed by atoms with E-state index in [2.05, 4.69) is 34.2 Å². The fourth-order valence-electron chi connectivity index (χ4n) is 4.44. The van der Waals surface area contributed by atoms with Crippen LogP contribution >= 0.6 is 24.0 Å². The fourth-order valence-corrected chi connectivity index (χ4v) is 5.56. The van der Waals surface area contributed by atoms with Crippen LogP contribution in [-0.2, 0) is 17.4 Å². The number of anilines is 1. The van der Waals surface area contributed by atoms with Crippen molar-refractivity contribution in [3.8, 4) is 17.1 Å². The maximum atomic E-state index is 12.8. The van der Waals surface area contributed by atoms with E-state index < -0.39 is 11.7 Å². The molecule has 12 heteroatoms. The van der Waals surface area contributed by atoms with Gasteiger partial charge in [-0.3, -0.25) is 9.69 Å². The number of amidine groups is 1. The van der Waals surface area contributed by atoms with Crippen LogP contribution in [0.3, 0.4) is 0 Å². The number of hydrogen-bond acceptors (Lipinski definition) is 5. The Balaban J connectivity index is 1.18. The number of aromatic nitrogens is 3. The van der Waals surface area contributed by atoms with Gasteiger partial charge >= 0.3 is 6.18 Å². The quantitative estimate of drug-likeness (QED) is 0.238. The average Bonchev–Trinajstić information content (AvgIpc) is 3.60. The van der Waals surface area contributed by atoms with Crippen LogP contribution in [0.5, 0.6) is 0 Å². The Labute approximate surface area is 250 Å². The molecule has 216 valence electrons.